The molecule has 18 heavy (non-hydrogen) atoms. The van der Waals surface area contributed by atoms with Crippen LogP contribution in [0.15, 0.2) is 24.3 Å². The zero-order valence-electron chi connectivity index (χ0n) is 10.0. The largest absolute Gasteiger partial charge is 0.221 e. The van der Waals surface area contributed by atoms with Crippen molar-refractivity contribution in [3.63, 3.8) is 0 Å². The van der Waals surface area contributed by atoms with Crippen molar-refractivity contribution in [2.24, 2.45) is 0 Å². The first kappa shape index (κ1) is 10.9. The number of imidazole rings is 1. The molecule has 0 atom stereocenters. The smallest absolute Gasteiger partial charge is 0.213 e. The molecule has 0 unspecified atom stereocenters. The van der Waals surface area contributed by atoms with Crippen molar-refractivity contribution < 1.29 is 0 Å². The standard InChI is InChI=1S/C13H10N4S/c1-8-3-5-10(6-4-8)12-16-17-11(7-14)9(2)15-13(17)18-12/h3-6H,1-2H3. The molecule has 0 saturated heterocycles. The Morgan fingerprint density at radius 1 is 1.22 bits per heavy atom. The summed E-state index contributed by atoms with van der Waals surface area (Å²) in [6.45, 7) is 3.88. The van der Waals surface area contributed by atoms with E-state index in [1.807, 2.05) is 19.1 Å². The summed E-state index contributed by atoms with van der Waals surface area (Å²) in [4.78, 5) is 5.11. The predicted octanol–water partition coefficient (Wildman–Crippen LogP) is 2.95. The molecule has 3 rings (SSSR count). The van der Waals surface area contributed by atoms with Crippen LogP contribution >= 0.6 is 11.3 Å². The topological polar surface area (TPSA) is 54.0 Å². The van der Waals surface area contributed by atoms with Gasteiger partial charge in [0.1, 0.15) is 11.1 Å². The molecule has 0 aliphatic rings. The quantitative estimate of drug-likeness (QED) is 0.671. The highest BCUT2D eigenvalue weighted by Gasteiger charge is 2.14. The number of aromatic nitrogens is 3. The number of aryl methyl sites for hydroxylation is 2. The van der Waals surface area contributed by atoms with Gasteiger partial charge in [-0.3, -0.25) is 0 Å². The lowest BCUT2D eigenvalue weighted by Gasteiger charge is -1.95. The molecule has 0 amide bonds. The van der Waals surface area contributed by atoms with Crippen molar-refractivity contribution in [3.8, 4) is 16.6 Å². The van der Waals surface area contributed by atoms with Gasteiger partial charge in [-0.2, -0.15) is 14.9 Å². The third kappa shape index (κ3) is 1.59. The number of benzene rings is 1. The molecule has 0 spiro atoms. The van der Waals surface area contributed by atoms with Gasteiger partial charge < -0.3 is 0 Å². The average Bonchev–Trinajstić information content (AvgIpc) is 2.86. The van der Waals surface area contributed by atoms with Crippen LogP contribution in [0.25, 0.3) is 15.5 Å². The van der Waals surface area contributed by atoms with Gasteiger partial charge in [0, 0.05) is 5.56 Å². The summed E-state index contributed by atoms with van der Waals surface area (Å²) in [6.07, 6.45) is 0. The minimum absolute atomic E-state index is 0.514. The second-order valence-electron chi connectivity index (χ2n) is 4.13. The lowest BCUT2D eigenvalue weighted by Crippen LogP contribution is -1.90. The Morgan fingerprint density at radius 2 is 1.94 bits per heavy atom. The predicted molar refractivity (Wildman–Crippen MR) is 70.5 cm³/mol. The molecule has 88 valence electrons. The summed E-state index contributed by atoms with van der Waals surface area (Å²) in [6, 6.07) is 10.3. The third-order valence-electron chi connectivity index (χ3n) is 2.78. The monoisotopic (exact) mass is 254 g/mol. The van der Waals surface area contributed by atoms with Crippen LogP contribution in [-0.4, -0.2) is 14.6 Å². The Balaban J connectivity index is 2.17. The van der Waals surface area contributed by atoms with Gasteiger partial charge in [0.05, 0.1) is 5.69 Å². The molecule has 2 aromatic heterocycles. The zero-order valence-corrected chi connectivity index (χ0v) is 10.8. The second-order valence-corrected chi connectivity index (χ2v) is 5.08. The van der Waals surface area contributed by atoms with Crippen molar-refractivity contribution in [1.29, 1.82) is 5.26 Å². The number of rotatable bonds is 1. The fraction of sp³-hybridized carbons (Fsp3) is 0.154. The minimum Gasteiger partial charge on any atom is -0.221 e. The number of nitrogens with zero attached hydrogens (tertiary/aromatic N) is 4. The van der Waals surface area contributed by atoms with E-state index in [1.54, 1.807) is 4.52 Å². The normalized spacial score (nSPS) is 10.7. The van der Waals surface area contributed by atoms with E-state index < -0.39 is 0 Å². The van der Waals surface area contributed by atoms with Crippen LogP contribution in [0.5, 0.6) is 0 Å². The maximum absolute atomic E-state index is 9.08. The number of nitriles is 1. The number of hydrogen-bond donors (Lipinski definition) is 0. The van der Waals surface area contributed by atoms with Crippen molar-refractivity contribution >= 4 is 16.3 Å². The van der Waals surface area contributed by atoms with Gasteiger partial charge >= 0.3 is 0 Å². The molecule has 0 saturated carbocycles. The van der Waals surface area contributed by atoms with Gasteiger partial charge in [0.25, 0.3) is 0 Å². The zero-order chi connectivity index (χ0) is 12.7. The van der Waals surface area contributed by atoms with Crippen LogP contribution in [0.2, 0.25) is 0 Å². The van der Waals surface area contributed by atoms with Gasteiger partial charge in [-0.15, -0.1) is 0 Å². The lowest BCUT2D eigenvalue weighted by atomic mass is 10.2. The number of fused-ring (bicyclic) bond motifs is 1. The highest BCUT2D eigenvalue weighted by molar-refractivity contribution is 7.19. The summed E-state index contributed by atoms with van der Waals surface area (Å²) >= 11 is 1.50. The first-order chi connectivity index (χ1) is 8.69. The van der Waals surface area contributed by atoms with Gasteiger partial charge in [0.2, 0.25) is 4.96 Å². The van der Waals surface area contributed by atoms with E-state index >= 15 is 0 Å². The molecule has 4 nitrogen and oxygen atoms in total. The Labute approximate surface area is 108 Å². The fourth-order valence-corrected chi connectivity index (χ4v) is 2.74. The Kier molecular flexibility index (Phi) is 2.39. The minimum atomic E-state index is 0.514. The Bertz CT molecular complexity index is 759. The molecule has 1 aromatic carbocycles. The van der Waals surface area contributed by atoms with E-state index in [0.717, 1.165) is 21.2 Å². The van der Waals surface area contributed by atoms with Crippen LogP contribution in [0.4, 0.5) is 0 Å². The molecule has 3 aromatic rings. The van der Waals surface area contributed by atoms with Crippen LogP contribution < -0.4 is 0 Å². The van der Waals surface area contributed by atoms with Crippen LogP contribution in [0.1, 0.15) is 17.0 Å². The summed E-state index contributed by atoms with van der Waals surface area (Å²) in [7, 11) is 0. The first-order valence-electron chi connectivity index (χ1n) is 5.52. The third-order valence-corrected chi connectivity index (χ3v) is 3.74. The summed E-state index contributed by atoms with van der Waals surface area (Å²) in [5, 5.41) is 14.4. The molecule has 5 heteroatoms. The highest BCUT2D eigenvalue weighted by Crippen LogP contribution is 2.27. The van der Waals surface area contributed by atoms with Gasteiger partial charge in [-0.25, -0.2) is 4.98 Å². The molecular weight excluding hydrogens is 244 g/mol. The van der Waals surface area contributed by atoms with E-state index in [1.165, 1.54) is 16.9 Å². The first-order valence-corrected chi connectivity index (χ1v) is 6.34. The van der Waals surface area contributed by atoms with E-state index in [0.29, 0.717) is 5.69 Å². The van der Waals surface area contributed by atoms with Crippen LogP contribution in [0, 0.1) is 25.2 Å². The van der Waals surface area contributed by atoms with Crippen molar-refractivity contribution in [2.45, 2.75) is 13.8 Å². The van der Waals surface area contributed by atoms with Gasteiger partial charge in [0.15, 0.2) is 5.69 Å². The SMILES string of the molecule is Cc1ccc(-c2nn3c(C#N)c(C)nc3s2)cc1. The molecular formula is C13H10N4S. The van der Waals surface area contributed by atoms with Crippen molar-refractivity contribution in [2.75, 3.05) is 0 Å². The van der Waals surface area contributed by atoms with E-state index in [4.69, 9.17) is 5.26 Å². The molecule has 2 heterocycles. The maximum Gasteiger partial charge on any atom is 0.213 e. The van der Waals surface area contributed by atoms with E-state index in [9.17, 15) is 0 Å². The maximum atomic E-state index is 9.08. The summed E-state index contributed by atoms with van der Waals surface area (Å²) in [5.41, 5.74) is 3.51. The number of hydrogen-bond acceptors (Lipinski definition) is 4. The molecule has 0 aliphatic carbocycles. The van der Waals surface area contributed by atoms with Gasteiger partial charge in [-0.05, 0) is 13.8 Å². The fourth-order valence-electron chi connectivity index (χ4n) is 1.79. The molecule has 0 N–H and O–H groups in total. The van der Waals surface area contributed by atoms with E-state index in [2.05, 4.69) is 35.2 Å². The Hall–Kier alpha value is -2.19. The van der Waals surface area contributed by atoms with Gasteiger partial charge in [-0.1, -0.05) is 41.2 Å². The highest BCUT2D eigenvalue weighted by atomic mass is 32.1. The molecule has 0 aliphatic heterocycles. The molecule has 0 bridgehead atoms. The van der Waals surface area contributed by atoms with Crippen LogP contribution in [-0.2, 0) is 0 Å². The van der Waals surface area contributed by atoms with Crippen molar-refractivity contribution in [3.05, 3.63) is 41.2 Å². The average molecular weight is 254 g/mol. The Morgan fingerprint density at radius 3 is 2.61 bits per heavy atom. The summed E-state index contributed by atoms with van der Waals surface area (Å²) < 4.78 is 1.62. The van der Waals surface area contributed by atoms with E-state index in [-0.39, 0.29) is 0 Å². The summed E-state index contributed by atoms with van der Waals surface area (Å²) in [5.74, 6) is 0. The molecule has 0 fully saturated rings. The van der Waals surface area contributed by atoms with Crippen molar-refractivity contribution in [1.82, 2.24) is 14.6 Å². The lowest BCUT2D eigenvalue weighted by molar-refractivity contribution is 0.955. The second kappa shape index (κ2) is 3.93. The molecule has 0 radical (unpaired) electrons. The van der Waals surface area contributed by atoms with Crippen LogP contribution in [0.3, 0.4) is 0 Å².